The lowest BCUT2D eigenvalue weighted by Gasteiger charge is -2.30. The van der Waals surface area contributed by atoms with Gasteiger partial charge in [0.25, 0.3) is 0 Å². The predicted molar refractivity (Wildman–Crippen MR) is 132 cm³/mol. The maximum atomic E-state index is 12.1. The maximum Gasteiger partial charge on any atom is 0.191 e. The second-order valence-corrected chi connectivity index (χ2v) is 9.06. The van der Waals surface area contributed by atoms with Crippen molar-refractivity contribution in [3.05, 3.63) is 29.8 Å². The summed E-state index contributed by atoms with van der Waals surface area (Å²) in [7, 11) is 2.76. The van der Waals surface area contributed by atoms with Crippen molar-refractivity contribution in [2.45, 2.75) is 56.9 Å². The number of guanidine groups is 1. The number of hydrogen-bond donors (Lipinski definition) is 2. The van der Waals surface area contributed by atoms with Gasteiger partial charge in [-0.25, -0.2) is 0 Å². The highest BCUT2D eigenvalue weighted by Gasteiger charge is 2.25. The molecular weight excluding hydrogens is 501 g/mol. The molecule has 6 nitrogen and oxygen atoms in total. The van der Waals surface area contributed by atoms with Gasteiger partial charge >= 0.3 is 0 Å². The van der Waals surface area contributed by atoms with Crippen LogP contribution in [-0.2, 0) is 22.1 Å². The Hall–Kier alpha value is -0.870. The number of hydrogen-bond acceptors (Lipinski definition) is 4. The molecule has 1 fully saturated rings. The van der Waals surface area contributed by atoms with E-state index in [4.69, 9.17) is 9.47 Å². The molecule has 0 radical (unpaired) electrons. The number of halogens is 1. The van der Waals surface area contributed by atoms with E-state index in [1.165, 1.54) is 0 Å². The predicted octanol–water partition coefficient (Wildman–Crippen LogP) is 3.46. The van der Waals surface area contributed by atoms with Crippen LogP contribution in [0.5, 0.6) is 5.75 Å². The number of rotatable bonds is 10. The van der Waals surface area contributed by atoms with Gasteiger partial charge in [-0.2, -0.15) is 0 Å². The summed E-state index contributed by atoms with van der Waals surface area (Å²) in [5.74, 6) is 2.43. The molecule has 1 aliphatic rings. The minimum atomic E-state index is -0.702. The van der Waals surface area contributed by atoms with E-state index in [2.05, 4.69) is 15.6 Å². The number of ether oxygens (including phenoxy) is 2. The quantitative estimate of drug-likeness (QED) is 0.207. The fraction of sp³-hybridized carbons (Fsp3) is 0.667. The van der Waals surface area contributed by atoms with Crippen molar-refractivity contribution in [1.82, 2.24) is 10.6 Å². The summed E-state index contributed by atoms with van der Waals surface area (Å²) in [4.78, 5) is 4.32. The average molecular weight is 538 g/mol. The van der Waals surface area contributed by atoms with Crippen LogP contribution < -0.4 is 15.4 Å². The second kappa shape index (κ2) is 15.0. The van der Waals surface area contributed by atoms with Gasteiger partial charge in [0.05, 0.1) is 13.7 Å². The largest absolute Gasteiger partial charge is 0.497 e. The maximum absolute atomic E-state index is 12.1. The van der Waals surface area contributed by atoms with Crippen LogP contribution in [0, 0.1) is 0 Å². The number of methoxy groups -OCH3 is 1. The Balaban J connectivity index is 0.00000420. The fourth-order valence-electron chi connectivity index (χ4n) is 3.43. The molecule has 0 bridgehead atoms. The zero-order valence-electron chi connectivity index (χ0n) is 17.8. The van der Waals surface area contributed by atoms with Crippen molar-refractivity contribution in [3.63, 3.8) is 0 Å². The Morgan fingerprint density at radius 1 is 1.28 bits per heavy atom. The number of aliphatic imine (C=N–C) groups is 1. The Morgan fingerprint density at radius 2 is 2.03 bits per heavy atom. The Bertz CT molecular complexity index is 628. The van der Waals surface area contributed by atoms with Gasteiger partial charge < -0.3 is 20.1 Å². The molecule has 29 heavy (non-hydrogen) atoms. The van der Waals surface area contributed by atoms with Gasteiger partial charge in [0.2, 0.25) is 0 Å². The molecule has 8 heteroatoms. The van der Waals surface area contributed by atoms with Gasteiger partial charge in [-0.1, -0.05) is 25.5 Å². The minimum absolute atomic E-state index is 0. The van der Waals surface area contributed by atoms with E-state index in [-0.39, 0.29) is 24.0 Å². The fourth-order valence-corrected chi connectivity index (χ4v) is 4.78. The van der Waals surface area contributed by atoms with Crippen molar-refractivity contribution >= 4 is 40.7 Å². The molecular formula is C21H36IN3O3S. The summed E-state index contributed by atoms with van der Waals surface area (Å²) in [6.07, 6.45) is 5.19. The van der Waals surface area contributed by atoms with Gasteiger partial charge in [0, 0.05) is 48.0 Å². The number of benzene rings is 1. The molecule has 0 amide bonds. The van der Waals surface area contributed by atoms with Gasteiger partial charge in [0.15, 0.2) is 5.96 Å². The molecule has 0 heterocycles. The molecule has 0 saturated heterocycles. The van der Waals surface area contributed by atoms with E-state index in [0.717, 1.165) is 61.7 Å². The van der Waals surface area contributed by atoms with Crippen molar-refractivity contribution in [2.75, 3.05) is 33.1 Å². The molecule has 3 atom stereocenters. The third-order valence-electron chi connectivity index (χ3n) is 5.03. The SMILES string of the molecule is CCS(=O)C1CCCC(NC(=NC)NCCCOCc2ccc(OC)cc2)C1.I. The van der Waals surface area contributed by atoms with Crippen LogP contribution >= 0.6 is 24.0 Å². The van der Waals surface area contributed by atoms with E-state index in [9.17, 15) is 4.21 Å². The summed E-state index contributed by atoms with van der Waals surface area (Å²) in [6.45, 7) is 4.11. The highest BCUT2D eigenvalue weighted by molar-refractivity contribution is 14.0. The lowest BCUT2D eigenvalue weighted by Crippen LogP contribution is -2.46. The molecule has 2 N–H and O–H groups in total. The third kappa shape index (κ3) is 9.65. The summed E-state index contributed by atoms with van der Waals surface area (Å²) in [5, 5.41) is 7.17. The third-order valence-corrected chi connectivity index (χ3v) is 6.77. The van der Waals surface area contributed by atoms with Gasteiger partial charge in [-0.05, 0) is 43.4 Å². The summed E-state index contributed by atoms with van der Waals surface area (Å²) in [6, 6.07) is 8.29. The molecule has 2 rings (SSSR count). The average Bonchev–Trinajstić information content (AvgIpc) is 2.75. The lowest BCUT2D eigenvalue weighted by molar-refractivity contribution is 0.119. The summed E-state index contributed by atoms with van der Waals surface area (Å²) < 4.78 is 23.0. The van der Waals surface area contributed by atoms with E-state index >= 15 is 0 Å². The molecule has 0 aliphatic heterocycles. The zero-order valence-corrected chi connectivity index (χ0v) is 21.0. The summed E-state index contributed by atoms with van der Waals surface area (Å²) in [5.41, 5.74) is 1.14. The van der Waals surface area contributed by atoms with E-state index < -0.39 is 10.8 Å². The Labute approximate surface area is 195 Å². The minimum Gasteiger partial charge on any atom is -0.497 e. The molecule has 1 saturated carbocycles. The van der Waals surface area contributed by atoms with Crippen LogP contribution in [0.1, 0.15) is 44.6 Å². The first-order chi connectivity index (χ1) is 13.7. The molecule has 1 aromatic rings. The molecule has 0 aromatic heterocycles. The van der Waals surface area contributed by atoms with Crippen LogP contribution in [0.4, 0.5) is 0 Å². The normalized spacial score (nSPS) is 20.4. The van der Waals surface area contributed by atoms with Gasteiger partial charge in [-0.15, -0.1) is 24.0 Å². The second-order valence-electron chi connectivity index (χ2n) is 7.05. The molecule has 0 spiro atoms. The molecule has 3 unspecified atom stereocenters. The molecule has 1 aromatic carbocycles. The van der Waals surface area contributed by atoms with Crippen LogP contribution in [0.3, 0.4) is 0 Å². The van der Waals surface area contributed by atoms with Gasteiger partial charge in [-0.3, -0.25) is 9.20 Å². The highest BCUT2D eigenvalue weighted by Crippen LogP contribution is 2.23. The summed E-state index contributed by atoms with van der Waals surface area (Å²) >= 11 is 0. The molecule has 1 aliphatic carbocycles. The van der Waals surface area contributed by atoms with Crippen LogP contribution in [0.15, 0.2) is 29.3 Å². The number of nitrogens with zero attached hydrogens (tertiary/aromatic N) is 1. The Morgan fingerprint density at radius 3 is 2.69 bits per heavy atom. The highest BCUT2D eigenvalue weighted by atomic mass is 127. The van der Waals surface area contributed by atoms with E-state index in [0.29, 0.717) is 24.5 Å². The lowest BCUT2D eigenvalue weighted by atomic mass is 9.95. The smallest absolute Gasteiger partial charge is 0.191 e. The Kier molecular flexibility index (Phi) is 13.5. The first kappa shape index (κ1) is 26.2. The van der Waals surface area contributed by atoms with Crippen LogP contribution in [0.2, 0.25) is 0 Å². The topological polar surface area (TPSA) is 72.0 Å². The van der Waals surface area contributed by atoms with Crippen molar-refractivity contribution < 1.29 is 13.7 Å². The first-order valence-corrected chi connectivity index (χ1v) is 11.6. The molecule has 166 valence electrons. The van der Waals surface area contributed by atoms with Crippen molar-refractivity contribution in [2.24, 2.45) is 4.99 Å². The van der Waals surface area contributed by atoms with Crippen LogP contribution in [-0.4, -0.2) is 54.5 Å². The monoisotopic (exact) mass is 537 g/mol. The van der Waals surface area contributed by atoms with Crippen molar-refractivity contribution in [1.29, 1.82) is 0 Å². The van der Waals surface area contributed by atoms with Crippen molar-refractivity contribution in [3.8, 4) is 5.75 Å². The standard InChI is InChI=1S/C21H35N3O3S.HI/c1-4-28(25)20-8-5-7-18(15-20)24-21(22-2)23-13-6-14-27-16-17-9-11-19(26-3)12-10-17;/h9-12,18,20H,4-8,13-16H2,1-3H3,(H2,22,23,24);1H. The first-order valence-electron chi connectivity index (χ1n) is 10.2. The van der Waals surface area contributed by atoms with Crippen LogP contribution in [0.25, 0.3) is 0 Å². The van der Waals surface area contributed by atoms with E-state index in [1.807, 2.05) is 31.2 Å². The van der Waals surface area contributed by atoms with Gasteiger partial charge in [0.1, 0.15) is 5.75 Å². The zero-order chi connectivity index (χ0) is 20.2. The van der Waals surface area contributed by atoms with E-state index in [1.54, 1.807) is 14.2 Å². The number of nitrogens with one attached hydrogen (secondary N) is 2.